The lowest BCUT2D eigenvalue weighted by Crippen LogP contribution is -2.18. The number of benzene rings is 1. The van der Waals surface area contributed by atoms with Crippen molar-refractivity contribution < 1.29 is 9.60 Å². The van der Waals surface area contributed by atoms with Crippen molar-refractivity contribution in [3.63, 3.8) is 0 Å². The second-order valence-corrected chi connectivity index (χ2v) is 4.87. The lowest BCUT2D eigenvalue weighted by Gasteiger charge is -2.07. The van der Waals surface area contributed by atoms with E-state index in [1.54, 1.807) is 17.8 Å². The molecule has 0 saturated heterocycles. The van der Waals surface area contributed by atoms with Crippen LogP contribution in [0.2, 0.25) is 0 Å². The first kappa shape index (κ1) is 15.3. The van der Waals surface area contributed by atoms with Gasteiger partial charge in [0.1, 0.15) is 5.82 Å². The zero-order valence-electron chi connectivity index (χ0n) is 10.4. The maximum Gasteiger partial charge on any atom is 0.170 e. The number of hydrogen-bond acceptors (Lipinski definition) is 4. The predicted octanol–water partition coefficient (Wildman–Crippen LogP) is 1.38. The third kappa shape index (κ3) is 5.64. The maximum atomic E-state index is 13.4. The minimum atomic E-state index is -0.414. The molecule has 0 bridgehead atoms. The number of oxime groups is 1. The second-order valence-electron chi connectivity index (χ2n) is 3.77. The number of terminal acetylenes is 1. The molecule has 1 rings (SSSR count). The topological polar surface area (TPSA) is 70.6 Å². The summed E-state index contributed by atoms with van der Waals surface area (Å²) >= 11 is 1.66. The summed E-state index contributed by atoms with van der Waals surface area (Å²) in [4.78, 5) is 0. The van der Waals surface area contributed by atoms with Gasteiger partial charge in [-0.3, -0.25) is 0 Å². The maximum absolute atomic E-state index is 13.4. The average Bonchev–Trinajstić information content (AvgIpc) is 2.41. The van der Waals surface area contributed by atoms with Crippen molar-refractivity contribution in [2.75, 3.05) is 18.1 Å². The van der Waals surface area contributed by atoms with Crippen molar-refractivity contribution in [2.45, 2.75) is 6.54 Å². The minimum absolute atomic E-state index is 0.106. The van der Waals surface area contributed by atoms with E-state index in [9.17, 15) is 4.39 Å². The fraction of sp³-hybridized carbons (Fsp3) is 0.308. The van der Waals surface area contributed by atoms with Crippen molar-refractivity contribution in [1.82, 2.24) is 5.32 Å². The van der Waals surface area contributed by atoms with E-state index >= 15 is 0 Å². The fourth-order valence-electron chi connectivity index (χ4n) is 1.47. The second kappa shape index (κ2) is 8.40. The summed E-state index contributed by atoms with van der Waals surface area (Å²) in [5.74, 6) is 3.61. The van der Waals surface area contributed by atoms with Crippen LogP contribution in [0.4, 0.5) is 4.39 Å². The number of hydrogen-bond donors (Lipinski definition) is 3. The van der Waals surface area contributed by atoms with Gasteiger partial charge in [-0.1, -0.05) is 11.1 Å². The Bertz CT molecular complexity index is 485. The molecule has 4 nitrogen and oxygen atoms in total. The number of nitrogens with zero attached hydrogens (tertiary/aromatic N) is 1. The van der Waals surface area contributed by atoms with Gasteiger partial charge in [0, 0.05) is 24.4 Å². The fourth-order valence-corrected chi connectivity index (χ4v) is 2.02. The molecule has 1 aromatic carbocycles. The van der Waals surface area contributed by atoms with Crippen molar-refractivity contribution >= 4 is 17.6 Å². The number of amidine groups is 1. The Morgan fingerprint density at radius 1 is 1.53 bits per heavy atom. The van der Waals surface area contributed by atoms with Crippen LogP contribution >= 0.6 is 11.8 Å². The molecule has 0 unspecified atom stereocenters. The molecule has 0 aliphatic rings. The predicted molar refractivity (Wildman–Crippen MR) is 76.8 cm³/mol. The number of halogens is 1. The summed E-state index contributed by atoms with van der Waals surface area (Å²) in [7, 11) is 0. The number of thioether (sulfide) groups is 1. The van der Waals surface area contributed by atoms with E-state index in [4.69, 9.17) is 17.4 Å². The van der Waals surface area contributed by atoms with Gasteiger partial charge in [0.15, 0.2) is 5.84 Å². The van der Waals surface area contributed by atoms with E-state index in [1.807, 2.05) is 0 Å². The molecule has 102 valence electrons. The van der Waals surface area contributed by atoms with Gasteiger partial charge in [-0.25, -0.2) is 4.39 Å². The molecule has 6 heteroatoms. The molecule has 0 saturated carbocycles. The van der Waals surface area contributed by atoms with Crippen molar-refractivity contribution in [3.8, 4) is 12.3 Å². The highest BCUT2D eigenvalue weighted by Gasteiger charge is 2.04. The highest BCUT2D eigenvalue weighted by atomic mass is 32.2. The Kier molecular flexibility index (Phi) is 6.79. The molecule has 0 aliphatic carbocycles. The quantitative estimate of drug-likeness (QED) is 0.176. The summed E-state index contributed by atoms with van der Waals surface area (Å²) in [5, 5.41) is 14.6. The Morgan fingerprint density at radius 3 is 3.00 bits per heavy atom. The summed E-state index contributed by atoms with van der Waals surface area (Å²) < 4.78 is 13.4. The minimum Gasteiger partial charge on any atom is -0.409 e. The molecule has 1 aromatic rings. The van der Waals surface area contributed by atoms with E-state index in [0.29, 0.717) is 17.9 Å². The lowest BCUT2D eigenvalue weighted by molar-refractivity contribution is 0.318. The molecule has 0 spiro atoms. The molecule has 19 heavy (non-hydrogen) atoms. The first-order chi connectivity index (χ1) is 9.17. The molecule has 0 heterocycles. The molecule has 0 radical (unpaired) electrons. The van der Waals surface area contributed by atoms with E-state index in [0.717, 1.165) is 17.9 Å². The number of rotatable bonds is 7. The molecule has 0 aromatic heterocycles. The number of nitrogens with two attached hydrogens (primary N) is 1. The smallest absolute Gasteiger partial charge is 0.170 e. The van der Waals surface area contributed by atoms with Crippen molar-refractivity contribution in [2.24, 2.45) is 10.9 Å². The van der Waals surface area contributed by atoms with E-state index in [2.05, 4.69) is 16.4 Å². The summed E-state index contributed by atoms with van der Waals surface area (Å²) in [6, 6.07) is 4.32. The summed E-state index contributed by atoms with van der Waals surface area (Å²) in [6.45, 7) is 1.29. The van der Waals surface area contributed by atoms with Gasteiger partial charge in [-0.05, 0) is 23.8 Å². The first-order valence-electron chi connectivity index (χ1n) is 5.66. The molecule has 4 N–H and O–H groups in total. The van der Waals surface area contributed by atoms with Crippen LogP contribution in [0.5, 0.6) is 0 Å². The van der Waals surface area contributed by atoms with Gasteiger partial charge < -0.3 is 16.3 Å². The highest BCUT2D eigenvalue weighted by Crippen LogP contribution is 2.09. The van der Waals surface area contributed by atoms with Gasteiger partial charge in [-0.15, -0.1) is 18.2 Å². The van der Waals surface area contributed by atoms with Crippen molar-refractivity contribution in [3.05, 3.63) is 35.1 Å². The van der Waals surface area contributed by atoms with E-state index in [1.165, 1.54) is 12.1 Å². The average molecular weight is 281 g/mol. The standard InChI is InChI=1S/C13H16FN3OS/c1-2-4-19-5-3-16-9-10-6-11(13(15)17-18)8-12(14)7-10/h1,6-8,16,18H,3-5,9H2,(H2,15,17). The summed E-state index contributed by atoms with van der Waals surface area (Å²) in [5.41, 5.74) is 6.53. The van der Waals surface area contributed by atoms with Gasteiger partial charge in [0.05, 0.1) is 5.75 Å². The highest BCUT2D eigenvalue weighted by molar-refractivity contribution is 7.99. The van der Waals surface area contributed by atoms with Crippen molar-refractivity contribution in [1.29, 1.82) is 0 Å². The van der Waals surface area contributed by atoms with Gasteiger partial charge in [0.2, 0.25) is 0 Å². The van der Waals surface area contributed by atoms with E-state index < -0.39 is 5.82 Å². The summed E-state index contributed by atoms with van der Waals surface area (Å²) in [6.07, 6.45) is 5.13. The lowest BCUT2D eigenvalue weighted by atomic mass is 10.1. The zero-order chi connectivity index (χ0) is 14.1. The third-order valence-corrected chi connectivity index (χ3v) is 3.16. The van der Waals surface area contributed by atoms with Crippen LogP contribution in [0.3, 0.4) is 0 Å². The van der Waals surface area contributed by atoms with Crippen LogP contribution in [-0.4, -0.2) is 29.1 Å². The zero-order valence-corrected chi connectivity index (χ0v) is 11.2. The van der Waals surface area contributed by atoms with Crippen LogP contribution in [0.25, 0.3) is 0 Å². The Labute approximate surface area is 116 Å². The molecule has 0 aliphatic heterocycles. The Balaban J connectivity index is 2.50. The van der Waals surface area contributed by atoms with Gasteiger partial charge in [-0.2, -0.15) is 0 Å². The monoisotopic (exact) mass is 281 g/mol. The first-order valence-corrected chi connectivity index (χ1v) is 6.82. The SMILES string of the molecule is C#CCSCCNCc1cc(F)cc(/C(N)=N\O)c1. The van der Waals surface area contributed by atoms with Gasteiger partial charge in [0.25, 0.3) is 0 Å². The molecule has 0 fully saturated rings. The van der Waals surface area contributed by atoms with Crippen LogP contribution in [0, 0.1) is 18.2 Å². The van der Waals surface area contributed by atoms with Crippen LogP contribution in [0.15, 0.2) is 23.4 Å². The van der Waals surface area contributed by atoms with Gasteiger partial charge >= 0.3 is 0 Å². The van der Waals surface area contributed by atoms with E-state index in [-0.39, 0.29) is 5.84 Å². The molecule has 0 atom stereocenters. The van der Waals surface area contributed by atoms with Crippen LogP contribution in [-0.2, 0) is 6.54 Å². The molecule has 0 amide bonds. The Hall–Kier alpha value is -1.71. The molecular weight excluding hydrogens is 265 g/mol. The molecular formula is C13H16FN3OS. The normalized spacial score (nSPS) is 11.3. The van der Waals surface area contributed by atoms with Crippen LogP contribution < -0.4 is 11.1 Å². The largest absolute Gasteiger partial charge is 0.409 e. The van der Waals surface area contributed by atoms with Crippen LogP contribution in [0.1, 0.15) is 11.1 Å². The number of nitrogens with one attached hydrogen (secondary N) is 1. The third-order valence-electron chi connectivity index (χ3n) is 2.30. The Morgan fingerprint density at radius 2 is 2.32 bits per heavy atom.